The van der Waals surface area contributed by atoms with E-state index in [1.165, 1.54) is 23.9 Å². The van der Waals surface area contributed by atoms with E-state index < -0.39 is 17.4 Å². The van der Waals surface area contributed by atoms with Gasteiger partial charge in [-0.05, 0) is 23.8 Å². The second kappa shape index (κ2) is 6.04. The molecule has 3 aromatic rings. The molecule has 0 aliphatic rings. The molecule has 0 saturated carbocycles. The lowest BCUT2D eigenvalue weighted by molar-refractivity contribution is 0.0961. The van der Waals surface area contributed by atoms with Gasteiger partial charge >= 0.3 is 0 Å². The number of aromatic amines is 1. The minimum Gasteiger partial charge on any atom is -0.366 e. The van der Waals surface area contributed by atoms with Crippen LogP contribution in [0.15, 0.2) is 47.5 Å². The van der Waals surface area contributed by atoms with Crippen LogP contribution in [0.5, 0.6) is 0 Å². The maximum atomic E-state index is 12.6. The standard InChI is InChI=1S/C17H16N4O3/c1-19-16(23)13-7-11(15(18)22)9-21(17(13)24)8-10-3-2-4-14-12(10)5-6-20-14/h2-7,9,20H,8H2,1H3,(H2,18,22)(H,19,23). The number of nitrogens with zero attached hydrogens (tertiary/aromatic N) is 1. The maximum Gasteiger partial charge on any atom is 0.263 e. The first kappa shape index (κ1) is 15.5. The molecule has 0 atom stereocenters. The predicted octanol–water partition coefficient (Wildman–Crippen LogP) is 0.836. The third-order valence-electron chi connectivity index (χ3n) is 3.87. The van der Waals surface area contributed by atoms with Crippen LogP contribution in [0.3, 0.4) is 0 Å². The minimum absolute atomic E-state index is 0.106. The lowest BCUT2D eigenvalue weighted by Crippen LogP contribution is -2.33. The van der Waals surface area contributed by atoms with E-state index in [4.69, 9.17) is 5.73 Å². The number of hydrogen-bond donors (Lipinski definition) is 3. The number of hydrogen-bond acceptors (Lipinski definition) is 3. The van der Waals surface area contributed by atoms with Crippen molar-refractivity contribution >= 4 is 22.7 Å². The van der Waals surface area contributed by atoms with Crippen molar-refractivity contribution < 1.29 is 9.59 Å². The van der Waals surface area contributed by atoms with E-state index >= 15 is 0 Å². The molecule has 0 aliphatic heterocycles. The Kier molecular flexibility index (Phi) is 3.91. The smallest absolute Gasteiger partial charge is 0.263 e. The van der Waals surface area contributed by atoms with Gasteiger partial charge < -0.3 is 20.6 Å². The van der Waals surface area contributed by atoms with Gasteiger partial charge in [0.2, 0.25) is 5.91 Å². The monoisotopic (exact) mass is 324 g/mol. The number of nitrogens with one attached hydrogen (secondary N) is 2. The highest BCUT2D eigenvalue weighted by Crippen LogP contribution is 2.18. The molecule has 122 valence electrons. The van der Waals surface area contributed by atoms with Crippen LogP contribution in [0, 0.1) is 0 Å². The molecule has 7 nitrogen and oxygen atoms in total. The van der Waals surface area contributed by atoms with E-state index in [0.717, 1.165) is 16.5 Å². The summed E-state index contributed by atoms with van der Waals surface area (Å²) in [5.74, 6) is -1.26. The summed E-state index contributed by atoms with van der Waals surface area (Å²) in [6, 6.07) is 8.82. The molecule has 0 bridgehead atoms. The molecular formula is C17H16N4O3. The Morgan fingerprint density at radius 3 is 2.79 bits per heavy atom. The number of nitrogens with two attached hydrogens (primary N) is 1. The van der Waals surface area contributed by atoms with E-state index in [1.54, 1.807) is 0 Å². The Bertz CT molecular complexity index is 1000. The SMILES string of the molecule is CNC(=O)c1cc(C(N)=O)cn(Cc2cccc3[nH]ccc23)c1=O. The number of pyridine rings is 1. The van der Waals surface area contributed by atoms with Crippen LogP contribution in [0.4, 0.5) is 0 Å². The molecule has 24 heavy (non-hydrogen) atoms. The number of amides is 2. The zero-order chi connectivity index (χ0) is 17.3. The van der Waals surface area contributed by atoms with Gasteiger partial charge in [0.15, 0.2) is 0 Å². The first-order valence-electron chi connectivity index (χ1n) is 7.32. The fourth-order valence-electron chi connectivity index (χ4n) is 2.66. The number of benzene rings is 1. The molecule has 0 unspecified atom stereocenters. The van der Waals surface area contributed by atoms with Gasteiger partial charge in [0.1, 0.15) is 5.56 Å². The zero-order valence-corrected chi connectivity index (χ0v) is 13.0. The lowest BCUT2D eigenvalue weighted by atomic mass is 10.1. The molecule has 2 aromatic heterocycles. The molecule has 3 rings (SSSR count). The van der Waals surface area contributed by atoms with Crippen LogP contribution >= 0.6 is 0 Å². The van der Waals surface area contributed by atoms with E-state index in [9.17, 15) is 14.4 Å². The van der Waals surface area contributed by atoms with Crippen molar-refractivity contribution in [2.75, 3.05) is 7.05 Å². The molecule has 0 fully saturated rings. The van der Waals surface area contributed by atoms with Crippen molar-refractivity contribution in [3.63, 3.8) is 0 Å². The van der Waals surface area contributed by atoms with Crippen molar-refractivity contribution in [2.45, 2.75) is 6.54 Å². The van der Waals surface area contributed by atoms with E-state index in [2.05, 4.69) is 10.3 Å². The van der Waals surface area contributed by atoms with Crippen molar-refractivity contribution in [2.24, 2.45) is 5.73 Å². The van der Waals surface area contributed by atoms with Crippen molar-refractivity contribution in [3.8, 4) is 0 Å². The number of carbonyl (C=O) groups excluding carboxylic acids is 2. The summed E-state index contributed by atoms with van der Waals surface area (Å²) >= 11 is 0. The summed E-state index contributed by atoms with van der Waals surface area (Å²) in [7, 11) is 1.42. The topological polar surface area (TPSA) is 110 Å². The molecule has 0 radical (unpaired) electrons. The summed E-state index contributed by atoms with van der Waals surface area (Å²) in [5, 5.41) is 3.36. The third kappa shape index (κ3) is 2.67. The number of fused-ring (bicyclic) bond motifs is 1. The van der Waals surface area contributed by atoms with Gasteiger partial charge in [0.25, 0.3) is 11.5 Å². The Balaban J connectivity index is 2.15. The average molecular weight is 324 g/mol. The van der Waals surface area contributed by atoms with Gasteiger partial charge in [-0.2, -0.15) is 0 Å². The number of primary amides is 1. The van der Waals surface area contributed by atoms with Gasteiger partial charge in [-0.15, -0.1) is 0 Å². The van der Waals surface area contributed by atoms with E-state index in [1.807, 2.05) is 30.5 Å². The largest absolute Gasteiger partial charge is 0.366 e. The van der Waals surface area contributed by atoms with Gasteiger partial charge in [-0.25, -0.2) is 0 Å². The molecule has 4 N–H and O–H groups in total. The minimum atomic E-state index is -0.700. The summed E-state index contributed by atoms with van der Waals surface area (Å²) in [5.41, 5.74) is 6.66. The van der Waals surface area contributed by atoms with Gasteiger partial charge in [0, 0.05) is 30.3 Å². The van der Waals surface area contributed by atoms with Gasteiger partial charge in [-0.1, -0.05) is 12.1 Å². The highest BCUT2D eigenvalue weighted by atomic mass is 16.2. The molecule has 0 spiro atoms. The molecule has 0 aliphatic carbocycles. The normalized spacial score (nSPS) is 10.7. The lowest BCUT2D eigenvalue weighted by Gasteiger charge is -2.11. The third-order valence-corrected chi connectivity index (χ3v) is 3.87. The molecular weight excluding hydrogens is 308 g/mol. The fourth-order valence-corrected chi connectivity index (χ4v) is 2.66. The average Bonchev–Trinajstić information content (AvgIpc) is 3.05. The number of carbonyl (C=O) groups is 2. The fraction of sp³-hybridized carbons (Fsp3) is 0.118. The van der Waals surface area contributed by atoms with Crippen LogP contribution in [0.25, 0.3) is 10.9 Å². The quantitative estimate of drug-likeness (QED) is 0.661. The number of H-pyrrole nitrogens is 1. The van der Waals surface area contributed by atoms with Crippen LogP contribution in [-0.2, 0) is 6.54 Å². The Morgan fingerprint density at radius 2 is 2.08 bits per heavy atom. The van der Waals surface area contributed by atoms with Crippen molar-refractivity contribution in [1.29, 1.82) is 0 Å². The van der Waals surface area contributed by atoms with Gasteiger partial charge in [0.05, 0.1) is 12.1 Å². The van der Waals surface area contributed by atoms with Crippen LogP contribution < -0.4 is 16.6 Å². The first-order chi connectivity index (χ1) is 11.5. The van der Waals surface area contributed by atoms with Crippen LogP contribution in [0.2, 0.25) is 0 Å². The Morgan fingerprint density at radius 1 is 1.29 bits per heavy atom. The summed E-state index contributed by atoms with van der Waals surface area (Å²) in [4.78, 5) is 39.1. The van der Waals surface area contributed by atoms with Crippen LogP contribution in [0.1, 0.15) is 26.3 Å². The molecule has 0 saturated heterocycles. The number of aromatic nitrogens is 2. The maximum absolute atomic E-state index is 12.6. The van der Waals surface area contributed by atoms with Crippen LogP contribution in [-0.4, -0.2) is 28.4 Å². The molecule has 1 aromatic carbocycles. The summed E-state index contributed by atoms with van der Waals surface area (Å²) < 4.78 is 1.33. The molecule has 2 heterocycles. The molecule has 2 amide bonds. The number of rotatable bonds is 4. The Labute approximate surface area is 137 Å². The highest BCUT2D eigenvalue weighted by Gasteiger charge is 2.16. The second-order valence-corrected chi connectivity index (χ2v) is 5.37. The first-order valence-corrected chi connectivity index (χ1v) is 7.32. The van der Waals surface area contributed by atoms with Crippen molar-refractivity contribution in [1.82, 2.24) is 14.9 Å². The van der Waals surface area contributed by atoms with Gasteiger partial charge in [-0.3, -0.25) is 14.4 Å². The predicted molar refractivity (Wildman–Crippen MR) is 90.0 cm³/mol. The van der Waals surface area contributed by atoms with Crippen molar-refractivity contribution in [3.05, 3.63) is 69.8 Å². The second-order valence-electron chi connectivity index (χ2n) is 5.37. The van der Waals surface area contributed by atoms with E-state index in [0.29, 0.717) is 0 Å². The zero-order valence-electron chi connectivity index (χ0n) is 13.0. The highest BCUT2D eigenvalue weighted by molar-refractivity contribution is 5.98. The van der Waals surface area contributed by atoms with E-state index in [-0.39, 0.29) is 17.7 Å². The summed E-state index contributed by atoms with van der Waals surface area (Å²) in [6.07, 6.45) is 3.19. The summed E-state index contributed by atoms with van der Waals surface area (Å²) in [6.45, 7) is 0.221. The Hall–Kier alpha value is -3.35. The molecule has 7 heteroatoms.